The Morgan fingerprint density at radius 3 is 2.78 bits per heavy atom. The summed E-state index contributed by atoms with van der Waals surface area (Å²) in [7, 11) is 0. The van der Waals surface area contributed by atoms with Crippen LogP contribution in [0.5, 0.6) is 0 Å². The van der Waals surface area contributed by atoms with E-state index < -0.39 is 0 Å². The summed E-state index contributed by atoms with van der Waals surface area (Å²) in [5.74, 6) is -0.0937. The van der Waals surface area contributed by atoms with Gasteiger partial charge in [0.1, 0.15) is 0 Å². The van der Waals surface area contributed by atoms with Gasteiger partial charge < -0.3 is 5.32 Å². The van der Waals surface area contributed by atoms with Gasteiger partial charge >= 0.3 is 0 Å². The summed E-state index contributed by atoms with van der Waals surface area (Å²) in [4.78, 5) is 24.8. The van der Waals surface area contributed by atoms with Crippen molar-refractivity contribution < 1.29 is 9.59 Å². The van der Waals surface area contributed by atoms with Crippen LogP contribution in [0.3, 0.4) is 0 Å². The van der Waals surface area contributed by atoms with E-state index in [2.05, 4.69) is 17.4 Å². The zero-order chi connectivity index (χ0) is 16.2. The number of hydrogen-bond acceptors (Lipinski definition) is 3. The van der Waals surface area contributed by atoms with Crippen LogP contribution in [0, 0.1) is 0 Å². The van der Waals surface area contributed by atoms with Crippen molar-refractivity contribution in [2.45, 2.75) is 38.1 Å². The summed E-state index contributed by atoms with van der Waals surface area (Å²) in [5.41, 5.74) is 2.52. The van der Waals surface area contributed by atoms with Crippen LogP contribution in [0.2, 0.25) is 4.34 Å². The van der Waals surface area contributed by atoms with Gasteiger partial charge in [-0.25, -0.2) is 0 Å². The molecule has 3 rings (SSSR count). The molecule has 1 N–H and O–H groups in total. The lowest BCUT2D eigenvalue weighted by Gasteiger charge is -2.26. The maximum atomic E-state index is 12.2. The van der Waals surface area contributed by atoms with Gasteiger partial charge in [-0.1, -0.05) is 35.9 Å². The van der Waals surface area contributed by atoms with E-state index in [1.54, 1.807) is 12.1 Å². The van der Waals surface area contributed by atoms with Crippen molar-refractivity contribution in [3.63, 3.8) is 0 Å². The van der Waals surface area contributed by atoms with Gasteiger partial charge in [-0.15, -0.1) is 11.3 Å². The number of Topliss-reactive ketones (excluding diaryl/α,β-unsaturated/α-hetero) is 1. The maximum Gasteiger partial charge on any atom is 0.220 e. The third-order valence-corrected chi connectivity index (χ3v) is 5.40. The molecule has 0 saturated carbocycles. The average Bonchev–Trinajstić information content (AvgIpc) is 2.99. The highest BCUT2D eigenvalue weighted by molar-refractivity contribution is 7.18. The molecule has 0 aliphatic heterocycles. The fraction of sp³-hybridized carbons (Fsp3) is 0.333. The molecule has 0 saturated heterocycles. The number of halogens is 1. The Hall–Kier alpha value is -1.65. The van der Waals surface area contributed by atoms with Crippen LogP contribution < -0.4 is 5.32 Å². The normalized spacial score (nSPS) is 16.7. The van der Waals surface area contributed by atoms with Gasteiger partial charge in [0.05, 0.1) is 15.3 Å². The van der Waals surface area contributed by atoms with E-state index in [1.165, 1.54) is 22.5 Å². The van der Waals surface area contributed by atoms with E-state index in [1.807, 2.05) is 12.1 Å². The standard InChI is InChI=1S/C18H18ClNO2S/c19-17-10-9-16(23-17)15(21)8-11-18(22)20-14-7-3-5-12-4-1-2-6-13(12)14/h1-2,4,6,9-10,14H,3,5,7-8,11H2,(H,20,22)/t14-/m0/s1. The van der Waals surface area contributed by atoms with E-state index >= 15 is 0 Å². The molecule has 23 heavy (non-hydrogen) atoms. The molecule has 1 amide bonds. The number of hydrogen-bond donors (Lipinski definition) is 1. The summed E-state index contributed by atoms with van der Waals surface area (Å²) in [6.07, 6.45) is 3.54. The van der Waals surface area contributed by atoms with Crippen molar-refractivity contribution in [3.05, 3.63) is 56.7 Å². The van der Waals surface area contributed by atoms with Gasteiger partial charge in [-0.2, -0.15) is 0 Å². The molecule has 1 atom stereocenters. The lowest BCUT2D eigenvalue weighted by atomic mass is 9.87. The van der Waals surface area contributed by atoms with Crippen LogP contribution in [0.1, 0.15) is 52.5 Å². The summed E-state index contributed by atoms with van der Waals surface area (Å²) < 4.78 is 0.594. The first-order valence-electron chi connectivity index (χ1n) is 7.79. The van der Waals surface area contributed by atoms with Crippen molar-refractivity contribution in [2.24, 2.45) is 0 Å². The van der Waals surface area contributed by atoms with Gasteiger partial charge in [0, 0.05) is 12.8 Å². The molecule has 0 radical (unpaired) electrons. The molecular formula is C18H18ClNO2S. The highest BCUT2D eigenvalue weighted by Gasteiger charge is 2.21. The topological polar surface area (TPSA) is 46.2 Å². The van der Waals surface area contributed by atoms with Crippen LogP contribution in [0.15, 0.2) is 36.4 Å². The third kappa shape index (κ3) is 4.01. The highest BCUT2D eigenvalue weighted by Crippen LogP contribution is 2.29. The zero-order valence-electron chi connectivity index (χ0n) is 12.7. The second kappa shape index (κ2) is 7.28. The van der Waals surface area contributed by atoms with Crippen molar-refractivity contribution in [3.8, 4) is 0 Å². The largest absolute Gasteiger partial charge is 0.349 e. The predicted molar refractivity (Wildman–Crippen MR) is 93.2 cm³/mol. The molecule has 1 heterocycles. The molecule has 120 valence electrons. The van der Waals surface area contributed by atoms with Crippen LogP contribution in [0.25, 0.3) is 0 Å². The molecule has 1 aliphatic rings. The number of thiophene rings is 1. The molecule has 0 spiro atoms. The molecule has 1 aromatic carbocycles. The molecule has 0 bridgehead atoms. The summed E-state index contributed by atoms with van der Waals surface area (Å²) in [5, 5.41) is 3.07. The number of carbonyl (C=O) groups is 2. The molecule has 5 heteroatoms. The predicted octanol–water partition coefficient (Wildman–Crippen LogP) is 4.56. The van der Waals surface area contributed by atoms with Gasteiger partial charge in [0.15, 0.2) is 5.78 Å². The van der Waals surface area contributed by atoms with Crippen LogP contribution in [-0.4, -0.2) is 11.7 Å². The number of aryl methyl sites for hydroxylation is 1. The van der Waals surface area contributed by atoms with Gasteiger partial charge in [0.2, 0.25) is 5.91 Å². The molecule has 2 aromatic rings. The number of amides is 1. The summed E-state index contributed by atoms with van der Waals surface area (Å²) >= 11 is 7.09. The first kappa shape index (κ1) is 16.2. The quantitative estimate of drug-likeness (QED) is 0.806. The van der Waals surface area contributed by atoms with Gasteiger partial charge in [-0.05, 0) is 42.5 Å². The van der Waals surface area contributed by atoms with Crippen molar-refractivity contribution in [1.82, 2.24) is 5.32 Å². The van der Waals surface area contributed by atoms with E-state index in [-0.39, 0.29) is 30.6 Å². The average molecular weight is 348 g/mol. The Kier molecular flexibility index (Phi) is 5.13. The Morgan fingerprint density at radius 1 is 1.17 bits per heavy atom. The van der Waals surface area contributed by atoms with Gasteiger partial charge in [0.25, 0.3) is 0 Å². The van der Waals surface area contributed by atoms with Crippen LogP contribution in [0.4, 0.5) is 0 Å². The van der Waals surface area contributed by atoms with Gasteiger partial charge in [-0.3, -0.25) is 9.59 Å². The minimum absolute atomic E-state index is 0.0268. The molecule has 1 aliphatic carbocycles. The number of carbonyl (C=O) groups excluding carboxylic acids is 2. The number of rotatable bonds is 5. The summed E-state index contributed by atoms with van der Waals surface area (Å²) in [6.45, 7) is 0. The Balaban J connectivity index is 1.55. The highest BCUT2D eigenvalue weighted by atomic mass is 35.5. The van der Waals surface area contributed by atoms with Crippen molar-refractivity contribution in [2.75, 3.05) is 0 Å². The third-order valence-electron chi connectivity index (χ3n) is 4.13. The Labute approximate surface area is 144 Å². The minimum Gasteiger partial charge on any atom is -0.349 e. The van der Waals surface area contributed by atoms with Crippen LogP contribution >= 0.6 is 22.9 Å². The molecule has 1 aromatic heterocycles. The van der Waals surface area contributed by atoms with Crippen molar-refractivity contribution in [1.29, 1.82) is 0 Å². The van der Waals surface area contributed by atoms with E-state index in [0.717, 1.165) is 19.3 Å². The van der Waals surface area contributed by atoms with Crippen molar-refractivity contribution >= 4 is 34.6 Å². The van der Waals surface area contributed by atoms with E-state index in [0.29, 0.717) is 9.21 Å². The fourth-order valence-electron chi connectivity index (χ4n) is 2.98. The second-order valence-electron chi connectivity index (χ2n) is 5.74. The van der Waals surface area contributed by atoms with E-state index in [4.69, 9.17) is 11.6 Å². The second-order valence-corrected chi connectivity index (χ2v) is 7.45. The van der Waals surface area contributed by atoms with E-state index in [9.17, 15) is 9.59 Å². The summed E-state index contributed by atoms with van der Waals surface area (Å²) in [6, 6.07) is 11.7. The molecular weight excluding hydrogens is 330 g/mol. The minimum atomic E-state index is -0.0669. The fourth-order valence-corrected chi connectivity index (χ4v) is 4.00. The number of nitrogens with one attached hydrogen (secondary N) is 1. The molecule has 0 fully saturated rings. The lowest BCUT2D eigenvalue weighted by molar-refractivity contribution is -0.121. The smallest absolute Gasteiger partial charge is 0.220 e. The Morgan fingerprint density at radius 2 is 2.00 bits per heavy atom. The zero-order valence-corrected chi connectivity index (χ0v) is 14.3. The number of fused-ring (bicyclic) bond motifs is 1. The Bertz CT molecular complexity index is 725. The lowest BCUT2D eigenvalue weighted by Crippen LogP contribution is -2.31. The number of benzene rings is 1. The first-order valence-corrected chi connectivity index (χ1v) is 8.98. The molecule has 0 unspecified atom stereocenters. The maximum absolute atomic E-state index is 12.2. The molecule has 3 nitrogen and oxygen atoms in total. The number of ketones is 1. The monoisotopic (exact) mass is 347 g/mol. The SMILES string of the molecule is O=C(CCC(=O)c1ccc(Cl)s1)N[C@H]1CCCc2ccccc21. The first-order chi connectivity index (χ1) is 11.1. The van der Waals surface area contributed by atoms with Crippen LogP contribution in [-0.2, 0) is 11.2 Å².